The standard InChI is InChI=1S/C76H84N2/c1-11-14-16-18-21-65-52-75(66(22-19-17-15-12-2)51-74(65)72-45-43-70(49-55(72)6)77(10)67-37-31-62(32-38-67)60-27-23-53(4)24-28-60)73-46-44-71(50-56(73)7)78(68-39-33-63(34-40-68)61-29-25-54(5)26-30-61)69-41-35-64(36-42-69)76-57(8)47-59(20-13-3)48-58(76)9/h23-52H,11-22H2,1-10H3. The lowest BCUT2D eigenvalue weighted by molar-refractivity contribution is 0.664. The molecule has 0 fully saturated rings. The molecule has 0 spiro atoms. The first-order chi connectivity index (χ1) is 37.9. The largest absolute Gasteiger partial charge is 0.345 e. The van der Waals surface area contributed by atoms with Crippen LogP contribution in [0.4, 0.5) is 28.4 Å². The SMILES string of the molecule is CCCCCCc1cc(-c2ccc(N(c3ccc(-c4ccc(C)cc4)cc3)c3ccc(-c4c(C)cc(CCC)cc4C)cc3)cc2C)c(CCCCCC)cc1-c1ccc(N(C)c2ccc(-c3ccc(C)cc3)cc2)cc1C. The summed E-state index contributed by atoms with van der Waals surface area (Å²) >= 11 is 0. The van der Waals surface area contributed by atoms with Crippen molar-refractivity contribution in [1.82, 2.24) is 0 Å². The van der Waals surface area contributed by atoms with E-state index in [1.807, 2.05) is 0 Å². The first kappa shape index (κ1) is 55.3. The molecule has 2 nitrogen and oxygen atoms in total. The van der Waals surface area contributed by atoms with E-state index in [2.05, 4.69) is 261 Å². The number of hydrogen-bond acceptors (Lipinski definition) is 2. The fraction of sp³-hybridized carbons (Fsp3) is 0.289. The van der Waals surface area contributed by atoms with Crippen molar-refractivity contribution in [3.63, 3.8) is 0 Å². The Morgan fingerprint density at radius 3 is 1.10 bits per heavy atom. The molecule has 0 saturated carbocycles. The molecule has 0 atom stereocenters. The highest BCUT2D eigenvalue weighted by Crippen LogP contribution is 2.43. The van der Waals surface area contributed by atoms with Crippen LogP contribution >= 0.6 is 0 Å². The Labute approximate surface area is 469 Å². The summed E-state index contributed by atoms with van der Waals surface area (Å²) in [5, 5.41) is 0. The van der Waals surface area contributed by atoms with Crippen LogP contribution in [0.25, 0.3) is 55.6 Å². The maximum absolute atomic E-state index is 2.60. The van der Waals surface area contributed by atoms with Crippen molar-refractivity contribution in [2.45, 2.75) is 139 Å². The predicted octanol–water partition coefficient (Wildman–Crippen LogP) is 22.3. The molecule has 0 heterocycles. The molecule has 9 aromatic carbocycles. The lowest BCUT2D eigenvalue weighted by atomic mass is 9.84. The number of nitrogens with zero attached hydrogens (tertiary/aromatic N) is 2. The second kappa shape index (κ2) is 25.8. The summed E-state index contributed by atoms with van der Waals surface area (Å²) in [6.07, 6.45) is 14.2. The minimum atomic E-state index is 1.06. The zero-order chi connectivity index (χ0) is 54.7. The Bertz CT molecular complexity index is 3390. The number of benzene rings is 9. The van der Waals surface area contributed by atoms with Crippen molar-refractivity contribution in [2.24, 2.45) is 0 Å². The van der Waals surface area contributed by atoms with Gasteiger partial charge in [0.05, 0.1) is 0 Å². The summed E-state index contributed by atoms with van der Waals surface area (Å²) in [6.45, 7) is 20.4. The lowest BCUT2D eigenvalue weighted by Crippen LogP contribution is -2.10. The quantitative estimate of drug-likeness (QED) is 0.0624. The topological polar surface area (TPSA) is 6.48 Å². The van der Waals surface area contributed by atoms with Crippen molar-refractivity contribution in [2.75, 3.05) is 16.8 Å². The highest BCUT2D eigenvalue weighted by Gasteiger charge is 2.20. The molecule has 0 bridgehead atoms. The van der Waals surface area contributed by atoms with Gasteiger partial charge in [-0.25, -0.2) is 0 Å². The predicted molar refractivity (Wildman–Crippen MR) is 341 cm³/mol. The summed E-state index contributed by atoms with van der Waals surface area (Å²) in [6, 6.07) is 69.4. The molecule has 0 aliphatic rings. The third-order valence-electron chi connectivity index (χ3n) is 16.3. The Kier molecular flexibility index (Phi) is 18.3. The van der Waals surface area contributed by atoms with Gasteiger partial charge in [0.25, 0.3) is 0 Å². The zero-order valence-electron chi connectivity index (χ0n) is 48.7. The van der Waals surface area contributed by atoms with E-state index in [0.29, 0.717) is 0 Å². The lowest BCUT2D eigenvalue weighted by Gasteiger charge is -2.27. The highest BCUT2D eigenvalue weighted by atomic mass is 15.1. The molecule has 2 heteroatoms. The van der Waals surface area contributed by atoms with Crippen LogP contribution in [-0.4, -0.2) is 7.05 Å². The molecule has 0 aliphatic carbocycles. The highest BCUT2D eigenvalue weighted by molar-refractivity contribution is 5.85. The summed E-state index contributed by atoms with van der Waals surface area (Å²) in [4.78, 5) is 4.77. The fourth-order valence-electron chi connectivity index (χ4n) is 11.8. The van der Waals surface area contributed by atoms with Crippen LogP contribution in [0.1, 0.15) is 129 Å². The van der Waals surface area contributed by atoms with Gasteiger partial charge in [0.15, 0.2) is 0 Å². The smallest absolute Gasteiger partial charge is 0.0464 e. The van der Waals surface area contributed by atoms with Crippen LogP contribution in [0.2, 0.25) is 0 Å². The summed E-state index contributed by atoms with van der Waals surface area (Å²) in [5.74, 6) is 0. The number of hydrogen-bond donors (Lipinski definition) is 0. The normalized spacial score (nSPS) is 11.3. The Hall–Kier alpha value is -7.42. The monoisotopic (exact) mass is 1020 g/mol. The zero-order valence-corrected chi connectivity index (χ0v) is 48.7. The van der Waals surface area contributed by atoms with Crippen molar-refractivity contribution < 1.29 is 0 Å². The molecule has 78 heavy (non-hydrogen) atoms. The molecule has 0 saturated heterocycles. The van der Waals surface area contributed by atoms with Crippen LogP contribution in [0.5, 0.6) is 0 Å². The maximum atomic E-state index is 2.60. The van der Waals surface area contributed by atoms with Crippen LogP contribution in [0.3, 0.4) is 0 Å². The number of anilines is 5. The summed E-state index contributed by atoms with van der Waals surface area (Å²) < 4.78 is 0. The van der Waals surface area contributed by atoms with E-state index in [-0.39, 0.29) is 0 Å². The van der Waals surface area contributed by atoms with Crippen molar-refractivity contribution >= 4 is 28.4 Å². The minimum absolute atomic E-state index is 1.06. The van der Waals surface area contributed by atoms with Gasteiger partial charge in [0, 0.05) is 35.5 Å². The molecule has 9 aromatic rings. The van der Waals surface area contributed by atoms with Gasteiger partial charge in [-0.2, -0.15) is 0 Å². The summed E-state index contributed by atoms with van der Waals surface area (Å²) in [5.41, 5.74) is 31.0. The van der Waals surface area contributed by atoms with Crippen molar-refractivity contribution in [1.29, 1.82) is 0 Å². The second-order valence-electron chi connectivity index (χ2n) is 22.4. The van der Waals surface area contributed by atoms with Crippen LogP contribution in [0, 0.1) is 41.5 Å². The third kappa shape index (κ3) is 12.9. The van der Waals surface area contributed by atoms with Gasteiger partial charge in [0.2, 0.25) is 0 Å². The molecule has 0 radical (unpaired) electrons. The van der Waals surface area contributed by atoms with E-state index < -0.39 is 0 Å². The minimum Gasteiger partial charge on any atom is -0.345 e. The van der Waals surface area contributed by atoms with E-state index in [1.165, 1.54) is 168 Å². The number of unbranched alkanes of at least 4 members (excludes halogenated alkanes) is 6. The maximum Gasteiger partial charge on any atom is 0.0464 e. The first-order valence-electron chi connectivity index (χ1n) is 29.4. The van der Waals surface area contributed by atoms with Gasteiger partial charge in [-0.15, -0.1) is 0 Å². The van der Waals surface area contributed by atoms with Gasteiger partial charge in [-0.1, -0.05) is 198 Å². The van der Waals surface area contributed by atoms with E-state index in [4.69, 9.17) is 0 Å². The van der Waals surface area contributed by atoms with Crippen molar-refractivity contribution in [3.05, 3.63) is 232 Å². The molecule has 0 N–H and O–H groups in total. The molecule has 0 amide bonds. The van der Waals surface area contributed by atoms with Gasteiger partial charge < -0.3 is 9.80 Å². The molecular weight excluding hydrogens is 941 g/mol. The summed E-state index contributed by atoms with van der Waals surface area (Å²) in [7, 11) is 2.19. The van der Waals surface area contributed by atoms with Gasteiger partial charge in [-0.3, -0.25) is 0 Å². The van der Waals surface area contributed by atoms with Crippen LogP contribution in [0.15, 0.2) is 182 Å². The molecule has 0 aromatic heterocycles. The fourth-order valence-corrected chi connectivity index (χ4v) is 11.8. The van der Waals surface area contributed by atoms with E-state index >= 15 is 0 Å². The Morgan fingerprint density at radius 2 is 0.679 bits per heavy atom. The number of rotatable bonds is 22. The average molecular weight is 1030 g/mol. The first-order valence-corrected chi connectivity index (χ1v) is 29.4. The molecule has 398 valence electrons. The Balaban J connectivity index is 1.09. The van der Waals surface area contributed by atoms with Gasteiger partial charge in [-0.05, 0) is 229 Å². The molecule has 9 rings (SSSR count). The van der Waals surface area contributed by atoms with E-state index in [0.717, 1.165) is 42.7 Å². The Morgan fingerprint density at radius 1 is 0.295 bits per heavy atom. The van der Waals surface area contributed by atoms with Gasteiger partial charge >= 0.3 is 0 Å². The average Bonchev–Trinajstić information content (AvgIpc) is 3.51. The van der Waals surface area contributed by atoms with Crippen LogP contribution < -0.4 is 9.80 Å². The molecule has 0 aliphatic heterocycles. The van der Waals surface area contributed by atoms with Gasteiger partial charge in [0.1, 0.15) is 0 Å². The van der Waals surface area contributed by atoms with E-state index in [1.54, 1.807) is 0 Å². The van der Waals surface area contributed by atoms with Crippen molar-refractivity contribution in [3.8, 4) is 55.6 Å². The molecular formula is C76H84N2. The van der Waals surface area contributed by atoms with E-state index in [9.17, 15) is 0 Å². The molecule has 0 unspecified atom stereocenters. The number of aryl methyl sites for hydroxylation is 9. The second-order valence-corrected chi connectivity index (χ2v) is 22.4. The third-order valence-corrected chi connectivity index (χ3v) is 16.3. The van der Waals surface area contributed by atoms with Crippen LogP contribution in [-0.2, 0) is 19.3 Å².